The van der Waals surface area contributed by atoms with E-state index in [1.807, 2.05) is 24.3 Å². The summed E-state index contributed by atoms with van der Waals surface area (Å²) in [5.74, 6) is 2.15. The minimum absolute atomic E-state index is 0.115. The fraction of sp³-hybridized carbons (Fsp3) is 0.300. The molecule has 0 bridgehead atoms. The number of nitrogens with zero attached hydrogens (tertiary/aromatic N) is 1. The number of hydrogen-bond acceptors (Lipinski definition) is 5. The predicted octanol–water partition coefficient (Wildman–Crippen LogP) is 1.55. The highest BCUT2D eigenvalue weighted by molar-refractivity contribution is 5.57. The minimum Gasteiger partial charge on any atom is -0.504 e. The summed E-state index contributed by atoms with van der Waals surface area (Å²) in [6.07, 6.45) is 5.28. The second kappa shape index (κ2) is 5.92. The van der Waals surface area contributed by atoms with Gasteiger partial charge in [0.1, 0.15) is 0 Å². The van der Waals surface area contributed by atoms with E-state index in [1.54, 1.807) is 21.3 Å². The summed E-state index contributed by atoms with van der Waals surface area (Å²) >= 11 is 0. The third-order valence-electron chi connectivity index (χ3n) is 4.99. The average molecular weight is 339 g/mol. The highest BCUT2D eigenvalue weighted by Crippen LogP contribution is 2.39. The van der Waals surface area contributed by atoms with Crippen molar-refractivity contribution in [3.8, 4) is 23.0 Å². The summed E-state index contributed by atoms with van der Waals surface area (Å²) in [4.78, 5) is 2.31. The average Bonchev–Trinajstić information content (AvgIpc) is 2.64. The highest BCUT2D eigenvalue weighted by Gasteiger charge is 2.27. The Kier molecular flexibility index (Phi) is 3.71. The van der Waals surface area contributed by atoms with E-state index in [9.17, 15) is 5.11 Å². The Morgan fingerprint density at radius 2 is 1.60 bits per heavy atom. The number of benzene rings is 2. The molecular weight excluding hydrogens is 318 g/mol. The van der Waals surface area contributed by atoms with Crippen LogP contribution in [0.1, 0.15) is 17.2 Å². The van der Waals surface area contributed by atoms with Gasteiger partial charge in [-0.15, -0.1) is 0 Å². The van der Waals surface area contributed by atoms with Crippen molar-refractivity contribution in [2.45, 2.75) is 12.5 Å². The first-order valence-electron chi connectivity index (χ1n) is 8.26. The second-order valence-corrected chi connectivity index (χ2v) is 6.29. The van der Waals surface area contributed by atoms with Crippen molar-refractivity contribution >= 4 is 12.3 Å². The van der Waals surface area contributed by atoms with Gasteiger partial charge < -0.3 is 24.2 Å². The van der Waals surface area contributed by atoms with E-state index in [2.05, 4.69) is 17.2 Å². The molecule has 2 aliphatic rings. The van der Waals surface area contributed by atoms with Crippen molar-refractivity contribution in [2.75, 3.05) is 27.9 Å². The summed E-state index contributed by atoms with van der Waals surface area (Å²) in [6, 6.07) is 7.90. The van der Waals surface area contributed by atoms with Crippen molar-refractivity contribution in [1.29, 1.82) is 0 Å². The number of aromatic hydroxyl groups is 1. The molecule has 0 radical (unpaired) electrons. The zero-order valence-corrected chi connectivity index (χ0v) is 14.6. The highest BCUT2D eigenvalue weighted by atomic mass is 16.5. The van der Waals surface area contributed by atoms with E-state index in [0.717, 1.165) is 46.0 Å². The zero-order valence-electron chi connectivity index (χ0n) is 14.6. The predicted molar refractivity (Wildman–Crippen MR) is 95.5 cm³/mol. The molecule has 1 unspecified atom stereocenters. The lowest BCUT2D eigenvalue weighted by atomic mass is 9.90. The molecule has 0 aromatic heterocycles. The Hall–Kier alpha value is -2.82. The summed E-state index contributed by atoms with van der Waals surface area (Å²) in [5, 5.41) is 12.3. The molecule has 0 spiro atoms. The van der Waals surface area contributed by atoms with Crippen LogP contribution in [0.2, 0.25) is 0 Å². The van der Waals surface area contributed by atoms with Crippen LogP contribution in [0.4, 0.5) is 0 Å². The Labute approximate surface area is 146 Å². The monoisotopic (exact) mass is 339 g/mol. The van der Waals surface area contributed by atoms with Crippen LogP contribution < -0.4 is 24.6 Å². The van der Waals surface area contributed by atoms with Gasteiger partial charge in [0.2, 0.25) is 0 Å². The molecule has 2 heterocycles. The molecule has 25 heavy (non-hydrogen) atoms. The number of fused-ring (bicyclic) bond motifs is 4. The fourth-order valence-corrected chi connectivity index (χ4v) is 3.70. The van der Waals surface area contributed by atoms with Crippen LogP contribution in [0.5, 0.6) is 23.0 Å². The Morgan fingerprint density at radius 1 is 0.920 bits per heavy atom. The molecule has 0 saturated carbocycles. The molecular formula is C20H21NO4. The molecule has 130 valence electrons. The molecule has 4 rings (SSSR count). The third-order valence-corrected chi connectivity index (χ3v) is 4.99. The molecule has 2 aliphatic heterocycles. The lowest BCUT2D eigenvalue weighted by Crippen LogP contribution is -2.40. The summed E-state index contributed by atoms with van der Waals surface area (Å²) in [5.41, 5.74) is 2.32. The first-order valence-corrected chi connectivity index (χ1v) is 8.26. The molecule has 2 aromatic rings. The maximum atomic E-state index is 10.1. The maximum Gasteiger partial charge on any atom is 0.161 e. The van der Waals surface area contributed by atoms with Crippen LogP contribution in [0.25, 0.3) is 12.3 Å². The minimum atomic E-state index is 0.115. The third kappa shape index (κ3) is 2.47. The van der Waals surface area contributed by atoms with Crippen molar-refractivity contribution in [3.63, 3.8) is 0 Å². The van der Waals surface area contributed by atoms with Crippen LogP contribution in [-0.2, 0) is 6.42 Å². The van der Waals surface area contributed by atoms with E-state index in [-0.39, 0.29) is 11.8 Å². The lowest BCUT2D eigenvalue weighted by Gasteiger charge is -2.37. The van der Waals surface area contributed by atoms with E-state index in [0.29, 0.717) is 5.75 Å². The molecule has 5 nitrogen and oxygen atoms in total. The first kappa shape index (κ1) is 15.7. The SMILES string of the molecule is COc1cc2c(cc1O)CCN1C=c3cc(OC)c(OC)cc3=CC21. The van der Waals surface area contributed by atoms with Gasteiger partial charge in [0.05, 0.1) is 27.4 Å². The number of hydrogen-bond donors (Lipinski definition) is 1. The van der Waals surface area contributed by atoms with Crippen LogP contribution >= 0.6 is 0 Å². The van der Waals surface area contributed by atoms with E-state index < -0.39 is 0 Å². The number of methoxy groups -OCH3 is 3. The standard InChI is InChI=1S/C20H21NO4/c1-23-18-10-15-12(7-17(18)22)4-5-21-11-14-9-20(25-3)19(24-2)8-13(14)6-16(15)21/h6-11,16,22H,4-5H2,1-3H3. The Morgan fingerprint density at radius 3 is 2.28 bits per heavy atom. The van der Waals surface area contributed by atoms with Gasteiger partial charge in [-0.25, -0.2) is 0 Å². The summed E-state index contributed by atoms with van der Waals surface area (Å²) < 4.78 is 16.1. The van der Waals surface area contributed by atoms with Crippen LogP contribution in [0.3, 0.4) is 0 Å². The number of phenolic OH excluding ortho intramolecular Hbond substituents is 1. The topological polar surface area (TPSA) is 51.2 Å². The smallest absolute Gasteiger partial charge is 0.161 e. The Bertz CT molecular complexity index is 951. The molecule has 0 aliphatic carbocycles. The molecule has 1 atom stereocenters. The van der Waals surface area contributed by atoms with Crippen molar-refractivity contribution in [3.05, 3.63) is 45.8 Å². The van der Waals surface area contributed by atoms with Crippen molar-refractivity contribution in [2.24, 2.45) is 0 Å². The second-order valence-electron chi connectivity index (χ2n) is 6.29. The van der Waals surface area contributed by atoms with Gasteiger partial charge in [-0.1, -0.05) is 0 Å². The Balaban J connectivity index is 1.89. The zero-order chi connectivity index (χ0) is 17.6. The van der Waals surface area contributed by atoms with Gasteiger partial charge in [0.25, 0.3) is 0 Å². The molecule has 1 N–H and O–H groups in total. The number of ether oxygens (including phenoxy) is 3. The van der Waals surface area contributed by atoms with Crippen molar-refractivity contribution in [1.82, 2.24) is 4.90 Å². The first-order chi connectivity index (χ1) is 12.1. The number of phenols is 1. The van der Waals surface area contributed by atoms with Gasteiger partial charge in [-0.3, -0.25) is 0 Å². The maximum absolute atomic E-state index is 10.1. The van der Waals surface area contributed by atoms with Gasteiger partial charge in [0.15, 0.2) is 23.0 Å². The molecule has 2 aromatic carbocycles. The molecule has 5 heteroatoms. The quantitative estimate of drug-likeness (QED) is 0.920. The molecule has 0 amide bonds. The van der Waals surface area contributed by atoms with E-state index in [4.69, 9.17) is 14.2 Å². The van der Waals surface area contributed by atoms with Gasteiger partial charge in [0, 0.05) is 18.0 Å². The summed E-state index contributed by atoms with van der Waals surface area (Å²) in [6.45, 7) is 0.897. The molecule has 0 fully saturated rings. The van der Waals surface area contributed by atoms with Gasteiger partial charge in [-0.2, -0.15) is 0 Å². The largest absolute Gasteiger partial charge is 0.504 e. The lowest BCUT2D eigenvalue weighted by molar-refractivity contribution is 0.338. The number of rotatable bonds is 3. The van der Waals surface area contributed by atoms with Crippen LogP contribution in [0.15, 0.2) is 24.3 Å². The fourth-order valence-electron chi connectivity index (χ4n) is 3.70. The van der Waals surface area contributed by atoms with Gasteiger partial charge in [-0.05, 0) is 53.1 Å². The van der Waals surface area contributed by atoms with Crippen LogP contribution in [0, 0.1) is 0 Å². The van der Waals surface area contributed by atoms with Crippen molar-refractivity contribution < 1.29 is 19.3 Å². The van der Waals surface area contributed by atoms with E-state index in [1.165, 1.54) is 0 Å². The summed E-state index contributed by atoms with van der Waals surface area (Å²) in [7, 11) is 4.87. The van der Waals surface area contributed by atoms with Crippen LogP contribution in [-0.4, -0.2) is 37.9 Å². The van der Waals surface area contributed by atoms with E-state index >= 15 is 0 Å². The molecule has 0 saturated heterocycles. The van der Waals surface area contributed by atoms with Gasteiger partial charge >= 0.3 is 0 Å². The normalized spacial score (nSPS) is 17.4.